The van der Waals surface area contributed by atoms with Crippen molar-refractivity contribution in [2.45, 2.75) is 39.2 Å². The van der Waals surface area contributed by atoms with Crippen LogP contribution in [-0.4, -0.2) is 19.4 Å². The number of nitrogens with one attached hydrogen (secondary N) is 1. The second-order valence-electron chi connectivity index (χ2n) is 4.58. The predicted octanol–water partition coefficient (Wildman–Crippen LogP) is 1.85. The van der Waals surface area contributed by atoms with Crippen molar-refractivity contribution in [1.29, 1.82) is 0 Å². The Morgan fingerprint density at radius 2 is 2.15 bits per heavy atom. The number of hydrogen-bond acceptors (Lipinski definition) is 2. The molecule has 1 fully saturated rings. The van der Waals surface area contributed by atoms with Gasteiger partial charge in [-0.3, -0.25) is 0 Å². The molecule has 13 heavy (non-hydrogen) atoms. The Labute approximate surface area is 81.1 Å². The lowest BCUT2D eigenvalue weighted by Crippen LogP contribution is -2.34. The first kappa shape index (κ1) is 10.7. The molecular weight excluding hydrogens is 162 g/mol. The van der Waals surface area contributed by atoms with Crippen molar-refractivity contribution >= 4 is 6.29 Å². The van der Waals surface area contributed by atoms with Crippen LogP contribution in [0.2, 0.25) is 0 Å². The van der Waals surface area contributed by atoms with E-state index in [1.807, 2.05) is 7.05 Å². The first-order valence-corrected chi connectivity index (χ1v) is 5.30. The van der Waals surface area contributed by atoms with Gasteiger partial charge in [-0.2, -0.15) is 0 Å². The van der Waals surface area contributed by atoms with Crippen molar-refractivity contribution in [3.05, 3.63) is 0 Å². The molecule has 1 aliphatic rings. The molecule has 0 aromatic heterocycles. The van der Waals surface area contributed by atoms with Gasteiger partial charge in [0.25, 0.3) is 0 Å². The lowest BCUT2D eigenvalue weighted by Gasteiger charge is -2.38. The summed E-state index contributed by atoms with van der Waals surface area (Å²) < 4.78 is 0. The summed E-state index contributed by atoms with van der Waals surface area (Å²) in [6, 6.07) is 0.0610. The normalized spacial score (nSPS) is 31.9. The molecule has 1 rings (SSSR count). The first-order valence-electron chi connectivity index (χ1n) is 5.30. The van der Waals surface area contributed by atoms with E-state index < -0.39 is 0 Å². The molecule has 1 N–H and O–H groups in total. The fourth-order valence-electron chi connectivity index (χ4n) is 2.26. The Kier molecular flexibility index (Phi) is 3.91. The Morgan fingerprint density at radius 3 is 2.54 bits per heavy atom. The van der Waals surface area contributed by atoms with E-state index in [0.29, 0.717) is 5.92 Å². The number of hydrogen-bond donors (Lipinski definition) is 1. The first-order chi connectivity index (χ1) is 6.17. The summed E-state index contributed by atoms with van der Waals surface area (Å²) in [5, 5.41) is 3.03. The average Bonchev–Trinajstić information content (AvgIpc) is 2.08. The van der Waals surface area contributed by atoms with E-state index in [0.717, 1.165) is 24.5 Å². The molecule has 0 aromatic rings. The second-order valence-corrected chi connectivity index (χ2v) is 4.58. The summed E-state index contributed by atoms with van der Waals surface area (Å²) in [6.45, 7) is 4.57. The molecule has 2 heteroatoms. The molecule has 0 bridgehead atoms. The largest absolute Gasteiger partial charge is 0.311 e. The highest BCUT2D eigenvalue weighted by Crippen LogP contribution is 2.39. The van der Waals surface area contributed by atoms with Crippen LogP contribution in [-0.2, 0) is 4.79 Å². The van der Waals surface area contributed by atoms with Gasteiger partial charge in [-0.05, 0) is 44.1 Å². The van der Waals surface area contributed by atoms with Gasteiger partial charge in [-0.25, -0.2) is 0 Å². The lowest BCUT2D eigenvalue weighted by atomic mass is 9.68. The Hall–Kier alpha value is -0.370. The third-order valence-corrected chi connectivity index (χ3v) is 3.38. The quantitative estimate of drug-likeness (QED) is 0.659. The van der Waals surface area contributed by atoms with Crippen molar-refractivity contribution in [2.24, 2.45) is 17.8 Å². The summed E-state index contributed by atoms with van der Waals surface area (Å²) in [5.41, 5.74) is 0. The molecule has 0 amide bonds. The van der Waals surface area contributed by atoms with Gasteiger partial charge >= 0.3 is 0 Å². The fourth-order valence-corrected chi connectivity index (χ4v) is 2.26. The van der Waals surface area contributed by atoms with Crippen LogP contribution in [0.1, 0.15) is 33.1 Å². The van der Waals surface area contributed by atoms with Gasteiger partial charge in [-0.1, -0.05) is 13.8 Å². The maximum absolute atomic E-state index is 10.6. The number of carbonyl (C=O) groups is 1. The summed E-state index contributed by atoms with van der Waals surface area (Å²) in [4.78, 5) is 10.6. The van der Waals surface area contributed by atoms with Crippen LogP contribution in [0.25, 0.3) is 0 Å². The second kappa shape index (κ2) is 4.75. The molecule has 1 aliphatic carbocycles. The van der Waals surface area contributed by atoms with Crippen LogP contribution in [0.4, 0.5) is 0 Å². The highest BCUT2D eigenvalue weighted by atomic mass is 16.1. The van der Waals surface area contributed by atoms with Crippen molar-refractivity contribution in [1.82, 2.24) is 5.32 Å². The molecule has 0 spiro atoms. The molecule has 76 valence electrons. The van der Waals surface area contributed by atoms with Gasteiger partial charge in [0.1, 0.15) is 6.29 Å². The minimum atomic E-state index is 0.0610. The van der Waals surface area contributed by atoms with Gasteiger partial charge in [0.2, 0.25) is 0 Å². The molecule has 0 aliphatic heterocycles. The summed E-state index contributed by atoms with van der Waals surface area (Å²) >= 11 is 0. The molecule has 0 saturated heterocycles. The number of aldehydes is 1. The van der Waals surface area contributed by atoms with E-state index in [1.165, 1.54) is 12.8 Å². The highest BCUT2D eigenvalue weighted by Gasteiger charge is 2.30. The average molecular weight is 183 g/mol. The maximum atomic E-state index is 10.6. The smallest absolute Gasteiger partial charge is 0.136 e. The van der Waals surface area contributed by atoms with Crippen LogP contribution in [0.5, 0.6) is 0 Å². The third-order valence-electron chi connectivity index (χ3n) is 3.38. The van der Waals surface area contributed by atoms with Gasteiger partial charge in [0, 0.05) is 0 Å². The zero-order chi connectivity index (χ0) is 9.84. The van der Waals surface area contributed by atoms with E-state index >= 15 is 0 Å². The maximum Gasteiger partial charge on any atom is 0.136 e. The lowest BCUT2D eigenvalue weighted by molar-refractivity contribution is -0.110. The minimum absolute atomic E-state index is 0.0610. The summed E-state index contributed by atoms with van der Waals surface area (Å²) in [7, 11) is 1.86. The van der Waals surface area contributed by atoms with Crippen molar-refractivity contribution in [3.8, 4) is 0 Å². The van der Waals surface area contributed by atoms with Gasteiger partial charge < -0.3 is 10.1 Å². The minimum Gasteiger partial charge on any atom is -0.311 e. The molecule has 0 aromatic carbocycles. The molecule has 1 saturated carbocycles. The van der Waals surface area contributed by atoms with E-state index in [-0.39, 0.29) is 6.04 Å². The van der Waals surface area contributed by atoms with Crippen LogP contribution in [0.15, 0.2) is 0 Å². The zero-order valence-electron chi connectivity index (χ0n) is 8.92. The van der Waals surface area contributed by atoms with Crippen molar-refractivity contribution in [3.63, 3.8) is 0 Å². The summed E-state index contributed by atoms with van der Waals surface area (Å²) in [6.07, 6.45) is 4.74. The molecule has 0 radical (unpaired) electrons. The predicted molar refractivity (Wildman–Crippen MR) is 54.6 cm³/mol. The third kappa shape index (κ3) is 2.80. The molecule has 0 unspecified atom stereocenters. The van der Waals surface area contributed by atoms with E-state index in [9.17, 15) is 4.79 Å². The SMILES string of the molecule is CN[C@@H](C=O)C[C@H](C)C1CC(C)C1. The van der Waals surface area contributed by atoms with E-state index in [1.54, 1.807) is 0 Å². The zero-order valence-corrected chi connectivity index (χ0v) is 8.92. The highest BCUT2D eigenvalue weighted by molar-refractivity contribution is 5.57. The monoisotopic (exact) mass is 183 g/mol. The van der Waals surface area contributed by atoms with Gasteiger partial charge in [0.05, 0.1) is 6.04 Å². The standard InChI is InChI=1S/C11H21NO/c1-8-4-10(5-8)9(2)6-11(7-13)12-3/h7-12H,4-6H2,1-3H3/t8?,9-,10?,11+/m0/s1. The molecule has 2 atom stereocenters. The number of likely N-dealkylation sites (N-methyl/N-ethyl adjacent to an activating group) is 1. The van der Waals surface area contributed by atoms with Gasteiger partial charge in [0.15, 0.2) is 0 Å². The molecule has 0 heterocycles. The number of rotatable bonds is 5. The van der Waals surface area contributed by atoms with Crippen LogP contribution >= 0.6 is 0 Å². The van der Waals surface area contributed by atoms with Crippen molar-refractivity contribution < 1.29 is 4.79 Å². The molecule has 2 nitrogen and oxygen atoms in total. The van der Waals surface area contributed by atoms with E-state index in [2.05, 4.69) is 19.2 Å². The fraction of sp³-hybridized carbons (Fsp3) is 0.909. The Morgan fingerprint density at radius 1 is 1.54 bits per heavy atom. The van der Waals surface area contributed by atoms with Gasteiger partial charge in [-0.15, -0.1) is 0 Å². The molecular formula is C11H21NO. The Bertz CT molecular complexity index is 163. The Balaban J connectivity index is 2.23. The van der Waals surface area contributed by atoms with Crippen LogP contribution in [0, 0.1) is 17.8 Å². The van der Waals surface area contributed by atoms with E-state index in [4.69, 9.17) is 0 Å². The van der Waals surface area contributed by atoms with Crippen LogP contribution < -0.4 is 5.32 Å². The van der Waals surface area contributed by atoms with Crippen LogP contribution in [0.3, 0.4) is 0 Å². The van der Waals surface area contributed by atoms with Crippen molar-refractivity contribution in [2.75, 3.05) is 7.05 Å². The topological polar surface area (TPSA) is 29.1 Å². The number of carbonyl (C=O) groups excluding carboxylic acids is 1. The summed E-state index contributed by atoms with van der Waals surface area (Å²) in [5.74, 6) is 2.47.